The van der Waals surface area contributed by atoms with Crippen LogP contribution in [0.25, 0.3) is 23.1 Å². The van der Waals surface area contributed by atoms with Crippen LogP contribution in [0, 0.1) is 0 Å². The maximum absolute atomic E-state index is 13.1. The normalized spacial score (nSPS) is 17.9. The Morgan fingerprint density at radius 1 is 1.13 bits per heavy atom. The highest BCUT2D eigenvalue weighted by Gasteiger charge is 2.24. The minimum Gasteiger partial charge on any atom is -0.493 e. The summed E-state index contributed by atoms with van der Waals surface area (Å²) < 4.78 is 13.6. The number of nitrogens with one attached hydrogen (secondary N) is 1. The van der Waals surface area contributed by atoms with Crippen molar-refractivity contribution in [3.63, 3.8) is 0 Å². The van der Waals surface area contributed by atoms with Gasteiger partial charge in [0.05, 0.1) is 24.9 Å². The first-order valence-corrected chi connectivity index (χ1v) is 17.9. The van der Waals surface area contributed by atoms with Crippen molar-refractivity contribution >= 4 is 70.4 Å². The predicted octanol–water partition coefficient (Wildman–Crippen LogP) is 8.13. The molecule has 0 fully saturated rings. The second-order valence-electron chi connectivity index (χ2n) is 11.4. The van der Waals surface area contributed by atoms with Crippen molar-refractivity contribution in [1.29, 1.82) is 0 Å². The number of thioether (sulfide) groups is 2. The molecular formula is C35H38ClN5O3S2. The van der Waals surface area contributed by atoms with Crippen molar-refractivity contribution in [2.45, 2.75) is 49.0 Å². The summed E-state index contributed by atoms with van der Waals surface area (Å²) in [5.41, 5.74) is 8.69. The van der Waals surface area contributed by atoms with Gasteiger partial charge in [-0.25, -0.2) is 4.79 Å². The highest BCUT2D eigenvalue weighted by molar-refractivity contribution is 7.99. The first kappa shape index (κ1) is 32.3. The fourth-order valence-electron chi connectivity index (χ4n) is 5.99. The molecule has 1 aliphatic heterocycles. The molecule has 8 bridgehead atoms. The number of aromatic amines is 1. The molecule has 4 aromatic rings. The largest absolute Gasteiger partial charge is 0.493 e. The molecule has 0 radical (unpaired) electrons. The van der Waals surface area contributed by atoms with Gasteiger partial charge in [0.1, 0.15) is 11.4 Å². The number of hydrogen-bond acceptors (Lipinski definition) is 8. The molecule has 3 heterocycles. The lowest BCUT2D eigenvalue weighted by Crippen LogP contribution is -2.11. The topological polar surface area (TPSA) is 84.7 Å². The van der Waals surface area contributed by atoms with Gasteiger partial charge in [-0.1, -0.05) is 29.8 Å². The van der Waals surface area contributed by atoms with Gasteiger partial charge in [0.15, 0.2) is 0 Å². The third kappa shape index (κ3) is 6.89. The number of esters is 1. The molecule has 0 saturated carbocycles. The predicted molar refractivity (Wildman–Crippen MR) is 191 cm³/mol. The fraction of sp³-hybridized carbons (Fsp3) is 0.343. The van der Waals surface area contributed by atoms with Gasteiger partial charge < -0.3 is 14.0 Å². The van der Waals surface area contributed by atoms with Crippen LogP contribution in [-0.4, -0.2) is 58.5 Å². The summed E-state index contributed by atoms with van der Waals surface area (Å²) in [5, 5.41) is 15.8. The smallest absolute Gasteiger partial charge is 0.354 e. The number of rotatable bonds is 1. The molecule has 6 rings (SSSR count). The van der Waals surface area contributed by atoms with E-state index in [0.717, 1.165) is 86.9 Å². The SMILES string of the molecule is COC(=O)c1c2c3ccc(Cl)c(c3n1C)/C=C(\C)N(C)/N=C/CSCc1cc([nH]n1)CSc1cc3c(c(c1)OCCC2)C=CCC3. The van der Waals surface area contributed by atoms with E-state index in [2.05, 4.69) is 45.6 Å². The van der Waals surface area contributed by atoms with Crippen LogP contribution < -0.4 is 4.74 Å². The molecule has 2 aromatic heterocycles. The number of methoxy groups -OCH3 is 1. The second kappa shape index (κ2) is 14.4. The Bertz CT molecular complexity index is 1860. The molecule has 0 spiro atoms. The van der Waals surface area contributed by atoms with Crippen LogP contribution >= 0.6 is 35.1 Å². The Labute approximate surface area is 283 Å². The average molecular weight is 676 g/mol. The summed E-state index contributed by atoms with van der Waals surface area (Å²) in [5.74, 6) is 2.87. The van der Waals surface area contributed by atoms with Gasteiger partial charge in [-0.15, -0.1) is 23.5 Å². The van der Waals surface area contributed by atoms with E-state index >= 15 is 0 Å². The summed E-state index contributed by atoms with van der Waals surface area (Å²) in [6.07, 6.45) is 11.7. The molecule has 8 nitrogen and oxygen atoms in total. The minimum atomic E-state index is -0.373. The number of carbonyl (C=O) groups excluding carboxylic acids is 1. The highest BCUT2D eigenvalue weighted by atomic mass is 35.5. The van der Waals surface area contributed by atoms with Gasteiger partial charge in [0, 0.05) is 75.4 Å². The summed E-state index contributed by atoms with van der Waals surface area (Å²) in [6, 6.07) is 10.5. The van der Waals surface area contributed by atoms with Crippen molar-refractivity contribution in [2.75, 3.05) is 26.5 Å². The van der Waals surface area contributed by atoms with Gasteiger partial charge in [-0.2, -0.15) is 10.2 Å². The molecule has 2 aliphatic rings. The summed E-state index contributed by atoms with van der Waals surface area (Å²) in [7, 11) is 5.23. The Hall–Kier alpha value is -3.60. The number of hydrazone groups is 1. The zero-order valence-corrected chi connectivity index (χ0v) is 28.9. The van der Waals surface area contributed by atoms with E-state index < -0.39 is 0 Å². The summed E-state index contributed by atoms with van der Waals surface area (Å²) in [4.78, 5) is 14.3. The maximum Gasteiger partial charge on any atom is 0.354 e. The van der Waals surface area contributed by atoms with Crippen molar-refractivity contribution in [2.24, 2.45) is 12.1 Å². The van der Waals surface area contributed by atoms with E-state index in [1.54, 1.807) is 23.5 Å². The molecule has 46 heavy (non-hydrogen) atoms. The highest BCUT2D eigenvalue weighted by Crippen LogP contribution is 2.37. The Kier molecular flexibility index (Phi) is 10.2. The van der Waals surface area contributed by atoms with E-state index in [1.807, 2.05) is 55.0 Å². The third-order valence-electron chi connectivity index (χ3n) is 8.36. The number of aromatic nitrogens is 3. The second-order valence-corrected chi connectivity index (χ2v) is 13.9. The van der Waals surface area contributed by atoms with Crippen molar-refractivity contribution < 1.29 is 14.3 Å². The van der Waals surface area contributed by atoms with E-state index in [9.17, 15) is 4.79 Å². The first-order chi connectivity index (χ1) is 22.3. The average Bonchev–Trinajstić information content (AvgIpc) is 3.63. The van der Waals surface area contributed by atoms with E-state index in [-0.39, 0.29) is 5.97 Å². The lowest BCUT2D eigenvalue weighted by molar-refractivity contribution is 0.0589. The van der Waals surface area contributed by atoms with Crippen LogP contribution in [0.15, 0.2) is 52.1 Å². The minimum absolute atomic E-state index is 0.373. The Morgan fingerprint density at radius 2 is 2.00 bits per heavy atom. The van der Waals surface area contributed by atoms with E-state index in [1.165, 1.54) is 17.6 Å². The Morgan fingerprint density at radius 3 is 2.85 bits per heavy atom. The molecule has 0 saturated heterocycles. The molecule has 11 heteroatoms. The number of H-pyrrole nitrogens is 1. The number of aryl methyl sites for hydroxylation is 3. The first-order valence-electron chi connectivity index (χ1n) is 15.4. The molecule has 240 valence electrons. The van der Waals surface area contributed by atoms with Crippen molar-refractivity contribution in [3.05, 3.63) is 86.5 Å². The van der Waals surface area contributed by atoms with Crippen LogP contribution in [-0.2, 0) is 36.1 Å². The molecule has 1 N–H and O–H groups in total. The number of carbonyl (C=O) groups is 1. The maximum atomic E-state index is 13.1. The quantitative estimate of drug-likeness (QED) is 0.204. The zero-order chi connectivity index (χ0) is 32.2. The van der Waals surface area contributed by atoms with Crippen LogP contribution in [0.4, 0.5) is 0 Å². The number of fused-ring (bicyclic) bond motifs is 6. The van der Waals surface area contributed by atoms with Gasteiger partial charge in [-0.3, -0.25) is 10.1 Å². The molecule has 0 amide bonds. The molecule has 0 unspecified atom stereocenters. The molecule has 0 atom stereocenters. The van der Waals surface area contributed by atoms with E-state index in [0.29, 0.717) is 23.7 Å². The monoisotopic (exact) mass is 675 g/mol. The van der Waals surface area contributed by atoms with Crippen molar-refractivity contribution in [1.82, 2.24) is 19.8 Å². The van der Waals surface area contributed by atoms with E-state index in [4.69, 9.17) is 21.1 Å². The number of halogens is 1. The van der Waals surface area contributed by atoms with Gasteiger partial charge in [0.25, 0.3) is 0 Å². The van der Waals surface area contributed by atoms with Gasteiger partial charge >= 0.3 is 5.97 Å². The molecular weight excluding hydrogens is 638 g/mol. The Balaban J connectivity index is 1.37. The lowest BCUT2D eigenvalue weighted by Gasteiger charge is -2.18. The van der Waals surface area contributed by atoms with Crippen LogP contribution in [0.5, 0.6) is 5.75 Å². The fourth-order valence-corrected chi connectivity index (χ4v) is 7.73. The van der Waals surface area contributed by atoms with Crippen LogP contribution in [0.1, 0.15) is 63.9 Å². The summed E-state index contributed by atoms with van der Waals surface area (Å²) >= 11 is 10.4. The van der Waals surface area contributed by atoms with Crippen LogP contribution in [0.2, 0.25) is 5.02 Å². The lowest BCUT2D eigenvalue weighted by atomic mass is 9.96. The summed E-state index contributed by atoms with van der Waals surface area (Å²) in [6.45, 7) is 2.51. The van der Waals surface area contributed by atoms with Gasteiger partial charge in [0.2, 0.25) is 0 Å². The number of benzene rings is 2. The molecule has 1 aliphatic carbocycles. The van der Waals surface area contributed by atoms with Gasteiger partial charge in [-0.05, 0) is 74.1 Å². The van der Waals surface area contributed by atoms with Crippen molar-refractivity contribution in [3.8, 4) is 5.75 Å². The number of ether oxygens (including phenoxy) is 2. The standard InChI is InChI=1S/C35H38ClN5O3S2/c1-22-16-30-31(36)12-11-29-28(34(35(42)43-4)40(2)33(29)30)10-7-14-44-32-19-26(17-23-8-5-6-9-27(23)32)46-21-25-18-24(38-39-25)20-45-15-13-37-41(22)3/h6,9,11-13,16-19H,5,7-8,10,14-15,20-21H2,1-4H3,(H,38,39)/b22-16+,37-13+. The molecule has 2 aromatic carbocycles. The van der Waals surface area contributed by atoms with Crippen LogP contribution in [0.3, 0.4) is 0 Å². The number of nitrogens with zero attached hydrogens (tertiary/aromatic N) is 4. The third-order valence-corrected chi connectivity index (χ3v) is 10.6. The number of allylic oxidation sites excluding steroid dienone is 2. The zero-order valence-electron chi connectivity index (χ0n) is 26.6. The number of hydrogen-bond donors (Lipinski definition) is 1.